The van der Waals surface area contributed by atoms with E-state index in [-0.39, 0.29) is 24.1 Å². The van der Waals surface area contributed by atoms with E-state index in [9.17, 15) is 14.4 Å². The molecule has 2 N–H and O–H groups in total. The van der Waals surface area contributed by atoms with E-state index >= 15 is 0 Å². The van der Waals surface area contributed by atoms with Crippen LogP contribution in [0.15, 0.2) is 18.2 Å². The van der Waals surface area contributed by atoms with Crippen molar-refractivity contribution in [3.8, 4) is 0 Å². The summed E-state index contributed by atoms with van der Waals surface area (Å²) in [7, 11) is 0. The Morgan fingerprint density at radius 1 is 1.00 bits per heavy atom. The molecule has 1 unspecified atom stereocenters. The highest BCUT2D eigenvalue weighted by Gasteiger charge is 2.39. The normalized spacial score (nSPS) is 26.4. The lowest BCUT2D eigenvalue weighted by molar-refractivity contribution is -0.136. The van der Waals surface area contributed by atoms with Crippen molar-refractivity contribution in [3.05, 3.63) is 34.9 Å². The van der Waals surface area contributed by atoms with E-state index in [1.807, 2.05) is 12.1 Å². The number of likely N-dealkylation sites (tertiary alicyclic amines) is 1. The van der Waals surface area contributed by atoms with Crippen LogP contribution in [0.25, 0.3) is 0 Å². The number of rotatable bonds is 4. The van der Waals surface area contributed by atoms with E-state index in [0.29, 0.717) is 18.5 Å². The summed E-state index contributed by atoms with van der Waals surface area (Å²) in [5, 5.41) is 5.80. The number of hydrogen-bond donors (Lipinski definition) is 2. The van der Waals surface area contributed by atoms with E-state index in [1.54, 1.807) is 4.90 Å². The zero-order valence-electron chi connectivity index (χ0n) is 16.7. The number of benzene rings is 1. The van der Waals surface area contributed by atoms with Gasteiger partial charge in [0.05, 0.1) is 0 Å². The van der Waals surface area contributed by atoms with Gasteiger partial charge < -0.3 is 10.2 Å². The van der Waals surface area contributed by atoms with Gasteiger partial charge in [-0.3, -0.25) is 24.6 Å². The number of carbonyl (C=O) groups is 3. The zero-order chi connectivity index (χ0) is 20.0. The highest BCUT2D eigenvalue weighted by molar-refractivity contribution is 6.05. The van der Waals surface area contributed by atoms with Crippen LogP contribution in [0.1, 0.15) is 47.2 Å². The molecule has 0 spiro atoms. The van der Waals surface area contributed by atoms with Gasteiger partial charge in [-0.2, -0.15) is 0 Å². The SMILES string of the molecule is O=C1CCC(N2Cc3cc(CN4CC(C5CCNCC5)C4)ccc3C2=O)C(=O)N1. The van der Waals surface area contributed by atoms with Crippen LogP contribution in [-0.2, 0) is 22.7 Å². The average molecular weight is 396 g/mol. The highest BCUT2D eigenvalue weighted by atomic mass is 16.2. The van der Waals surface area contributed by atoms with Gasteiger partial charge in [-0.15, -0.1) is 0 Å². The summed E-state index contributed by atoms with van der Waals surface area (Å²) in [5.74, 6) is 0.988. The number of nitrogens with one attached hydrogen (secondary N) is 2. The second-order valence-corrected chi connectivity index (χ2v) is 8.93. The van der Waals surface area contributed by atoms with Crippen LogP contribution in [0.5, 0.6) is 0 Å². The number of imide groups is 1. The molecule has 3 fully saturated rings. The van der Waals surface area contributed by atoms with Gasteiger partial charge in [-0.25, -0.2) is 0 Å². The van der Waals surface area contributed by atoms with Gasteiger partial charge in [0.15, 0.2) is 0 Å². The molecule has 1 aromatic rings. The maximum Gasteiger partial charge on any atom is 0.255 e. The Morgan fingerprint density at radius 2 is 1.79 bits per heavy atom. The number of fused-ring (bicyclic) bond motifs is 1. The minimum atomic E-state index is -0.544. The maximum absolute atomic E-state index is 12.8. The van der Waals surface area contributed by atoms with Gasteiger partial charge in [0.25, 0.3) is 5.91 Å². The quantitative estimate of drug-likeness (QED) is 0.739. The Hall–Kier alpha value is -2.25. The smallest absolute Gasteiger partial charge is 0.255 e. The topological polar surface area (TPSA) is 81.8 Å². The first-order valence-electron chi connectivity index (χ1n) is 10.8. The molecule has 0 bridgehead atoms. The Labute approximate surface area is 170 Å². The monoisotopic (exact) mass is 396 g/mol. The second-order valence-electron chi connectivity index (χ2n) is 8.93. The highest BCUT2D eigenvalue weighted by Crippen LogP contribution is 2.32. The van der Waals surface area contributed by atoms with Gasteiger partial charge in [-0.05, 0) is 61.4 Å². The van der Waals surface area contributed by atoms with E-state index in [1.165, 1.54) is 31.5 Å². The van der Waals surface area contributed by atoms with Crippen LogP contribution < -0.4 is 10.6 Å². The van der Waals surface area contributed by atoms with E-state index in [2.05, 4.69) is 21.6 Å². The van der Waals surface area contributed by atoms with Crippen molar-refractivity contribution in [3.63, 3.8) is 0 Å². The molecule has 0 aromatic heterocycles. The standard InChI is InChI=1S/C22H28N4O3/c27-20-4-3-19(21(28)24-20)26-13-16-9-14(1-2-18(16)22(26)29)10-25-11-17(12-25)15-5-7-23-8-6-15/h1-2,9,15,17,19,23H,3-8,10-13H2,(H,24,27,28). The molecule has 4 aliphatic rings. The molecule has 154 valence electrons. The molecule has 1 atom stereocenters. The van der Waals surface area contributed by atoms with Crippen LogP contribution in [0.3, 0.4) is 0 Å². The molecular weight excluding hydrogens is 368 g/mol. The molecule has 5 rings (SSSR count). The number of nitrogens with zero attached hydrogens (tertiary/aromatic N) is 2. The van der Waals surface area contributed by atoms with E-state index < -0.39 is 6.04 Å². The predicted molar refractivity (Wildman–Crippen MR) is 107 cm³/mol. The van der Waals surface area contributed by atoms with Gasteiger partial charge in [0.1, 0.15) is 6.04 Å². The second kappa shape index (κ2) is 7.54. The minimum Gasteiger partial charge on any atom is -0.322 e. The molecule has 0 saturated carbocycles. The molecule has 7 nitrogen and oxygen atoms in total. The maximum atomic E-state index is 12.8. The Morgan fingerprint density at radius 3 is 2.55 bits per heavy atom. The van der Waals surface area contributed by atoms with Crippen molar-refractivity contribution < 1.29 is 14.4 Å². The average Bonchev–Trinajstić information content (AvgIpc) is 3.01. The summed E-state index contributed by atoms with van der Waals surface area (Å²) in [6.45, 7) is 6.02. The Kier molecular flexibility index (Phi) is 4.87. The van der Waals surface area contributed by atoms with Gasteiger partial charge in [0, 0.05) is 38.2 Å². The van der Waals surface area contributed by atoms with Crippen molar-refractivity contribution in [1.82, 2.24) is 20.4 Å². The molecule has 1 aromatic carbocycles. The van der Waals surface area contributed by atoms with Gasteiger partial charge in [-0.1, -0.05) is 12.1 Å². The van der Waals surface area contributed by atoms with Crippen LogP contribution in [0, 0.1) is 11.8 Å². The molecule has 3 amide bonds. The van der Waals surface area contributed by atoms with Crippen molar-refractivity contribution >= 4 is 17.7 Å². The summed E-state index contributed by atoms with van der Waals surface area (Å²) in [4.78, 5) is 40.5. The van der Waals surface area contributed by atoms with E-state index in [0.717, 1.165) is 37.0 Å². The summed E-state index contributed by atoms with van der Waals surface area (Å²) in [6, 6.07) is 5.53. The lowest BCUT2D eigenvalue weighted by Gasteiger charge is -2.45. The third kappa shape index (κ3) is 3.57. The van der Waals surface area contributed by atoms with Crippen LogP contribution in [0.2, 0.25) is 0 Å². The fourth-order valence-electron chi connectivity index (χ4n) is 5.34. The van der Waals surface area contributed by atoms with Gasteiger partial charge >= 0.3 is 0 Å². The molecular formula is C22H28N4O3. The van der Waals surface area contributed by atoms with Crippen molar-refractivity contribution in [1.29, 1.82) is 0 Å². The third-order valence-corrected chi connectivity index (χ3v) is 7.03. The van der Waals surface area contributed by atoms with Crippen LogP contribution >= 0.6 is 0 Å². The lowest BCUT2D eigenvalue weighted by Crippen LogP contribution is -2.52. The largest absolute Gasteiger partial charge is 0.322 e. The number of amides is 3. The summed E-state index contributed by atoms with van der Waals surface area (Å²) in [5.41, 5.74) is 2.91. The fourth-order valence-corrected chi connectivity index (χ4v) is 5.34. The third-order valence-electron chi connectivity index (χ3n) is 7.03. The molecule has 7 heteroatoms. The van der Waals surface area contributed by atoms with Gasteiger partial charge in [0.2, 0.25) is 11.8 Å². The number of carbonyl (C=O) groups excluding carboxylic acids is 3. The van der Waals surface area contributed by atoms with Crippen molar-refractivity contribution in [2.75, 3.05) is 26.2 Å². The Bertz CT molecular complexity index is 842. The number of piperidine rings is 2. The summed E-state index contributed by atoms with van der Waals surface area (Å²) >= 11 is 0. The van der Waals surface area contributed by atoms with Crippen molar-refractivity contribution in [2.45, 2.75) is 44.8 Å². The molecule has 4 heterocycles. The summed E-state index contributed by atoms with van der Waals surface area (Å²) in [6.07, 6.45) is 3.29. The van der Waals surface area contributed by atoms with Crippen molar-refractivity contribution in [2.24, 2.45) is 11.8 Å². The fraction of sp³-hybridized carbons (Fsp3) is 0.591. The Balaban J connectivity index is 1.20. The minimum absolute atomic E-state index is 0.101. The van der Waals surface area contributed by atoms with E-state index in [4.69, 9.17) is 0 Å². The molecule has 3 saturated heterocycles. The first-order valence-corrected chi connectivity index (χ1v) is 10.8. The first kappa shape index (κ1) is 18.8. The van der Waals surface area contributed by atoms with Crippen LogP contribution in [-0.4, -0.2) is 59.7 Å². The van der Waals surface area contributed by atoms with Crippen LogP contribution in [0.4, 0.5) is 0 Å². The zero-order valence-corrected chi connectivity index (χ0v) is 16.7. The predicted octanol–water partition coefficient (Wildman–Crippen LogP) is 0.879. The number of hydrogen-bond acceptors (Lipinski definition) is 5. The molecule has 29 heavy (non-hydrogen) atoms. The molecule has 0 aliphatic carbocycles. The molecule has 0 radical (unpaired) electrons. The summed E-state index contributed by atoms with van der Waals surface area (Å²) < 4.78 is 0. The molecule has 4 aliphatic heterocycles. The first-order chi connectivity index (χ1) is 14.1. The lowest BCUT2D eigenvalue weighted by atomic mass is 9.80.